The van der Waals surface area contributed by atoms with E-state index < -0.39 is 0 Å². The van der Waals surface area contributed by atoms with Crippen LogP contribution in [0.5, 0.6) is 5.75 Å². The van der Waals surface area contributed by atoms with Gasteiger partial charge in [0.1, 0.15) is 23.1 Å². The number of benzene rings is 2. The van der Waals surface area contributed by atoms with Crippen molar-refractivity contribution in [3.05, 3.63) is 70.6 Å². The summed E-state index contributed by atoms with van der Waals surface area (Å²) in [5, 5.41) is 6.44. The van der Waals surface area contributed by atoms with E-state index in [1.165, 1.54) is 0 Å². The Bertz CT molecular complexity index is 974. The largest absolute Gasteiger partial charge is 0.495 e. The highest BCUT2D eigenvalue weighted by Crippen LogP contribution is 2.28. The minimum atomic E-state index is -0.305. The molecular formula is C20H19ClN4O2. The fourth-order valence-electron chi connectivity index (χ4n) is 2.47. The quantitative estimate of drug-likeness (QED) is 0.665. The maximum Gasteiger partial charge on any atom is 0.274 e. The van der Waals surface area contributed by atoms with Crippen LogP contribution < -0.4 is 15.4 Å². The van der Waals surface area contributed by atoms with Crippen molar-refractivity contribution in [3.63, 3.8) is 0 Å². The Hall–Kier alpha value is -3.12. The topological polar surface area (TPSA) is 76.1 Å². The molecule has 0 unspecified atom stereocenters. The number of aromatic nitrogens is 2. The van der Waals surface area contributed by atoms with Crippen LogP contribution in [0.4, 0.5) is 17.2 Å². The zero-order valence-electron chi connectivity index (χ0n) is 15.2. The van der Waals surface area contributed by atoms with Crippen LogP contribution in [0.15, 0.2) is 48.5 Å². The maximum atomic E-state index is 12.5. The molecule has 27 heavy (non-hydrogen) atoms. The van der Waals surface area contributed by atoms with Crippen molar-refractivity contribution >= 4 is 34.7 Å². The van der Waals surface area contributed by atoms with Gasteiger partial charge in [-0.15, -0.1) is 0 Å². The first kappa shape index (κ1) is 18.7. The predicted octanol–water partition coefficient (Wildman–Crippen LogP) is 4.75. The second-order valence-corrected chi connectivity index (χ2v) is 6.39. The highest BCUT2D eigenvalue weighted by atomic mass is 35.5. The molecule has 0 atom stereocenters. The summed E-state index contributed by atoms with van der Waals surface area (Å²) in [6.45, 7) is 3.72. The van der Waals surface area contributed by atoms with Gasteiger partial charge >= 0.3 is 0 Å². The van der Waals surface area contributed by atoms with Crippen LogP contribution in [0, 0.1) is 13.8 Å². The second kappa shape index (κ2) is 8.05. The highest BCUT2D eigenvalue weighted by Gasteiger charge is 2.12. The fourth-order valence-corrected chi connectivity index (χ4v) is 2.73. The molecule has 2 aromatic carbocycles. The summed E-state index contributed by atoms with van der Waals surface area (Å²) in [5.41, 5.74) is 2.82. The summed E-state index contributed by atoms with van der Waals surface area (Å²) in [5.74, 6) is 1.26. The lowest BCUT2D eigenvalue weighted by Crippen LogP contribution is -2.15. The Morgan fingerprint density at radius 2 is 1.70 bits per heavy atom. The summed E-state index contributed by atoms with van der Waals surface area (Å²) in [7, 11) is 1.56. The number of hydrogen-bond donors (Lipinski definition) is 2. The number of carbonyl (C=O) groups excluding carboxylic acids is 1. The Balaban J connectivity index is 1.80. The number of methoxy groups -OCH3 is 1. The first-order valence-corrected chi connectivity index (χ1v) is 8.66. The first-order valence-electron chi connectivity index (χ1n) is 8.29. The molecule has 0 spiro atoms. The molecule has 0 saturated carbocycles. The molecule has 0 saturated heterocycles. The summed E-state index contributed by atoms with van der Waals surface area (Å²) in [4.78, 5) is 21.1. The van der Waals surface area contributed by atoms with E-state index >= 15 is 0 Å². The van der Waals surface area contributed by atoms with Crippen molar-refractivity contribution in [2.24, 2.45) is 0 Å². The Morgan fingerprint density at radius 1 is 1.00 bits per heavy atom. The molecule has 6 nitrogen and oxygen atoms in total. The van der Waals surface area contributed by atoms with Crippen LogP contribution in [0.1, 0.15) is 21.9 Å². The second-order valence-electron chi connectivity index (χ2n) is 5.98. The van der Waals surface area contributed by atoms with Crippen molar-refractivity contribution in [1.29, 1.82) is 0 Å². The van der Waals surface area contributed by atoms with Gasteiger partial charge in [0.05, 0.1) is 12.1 Å². The van der Waals surface area contributed by atoms with Gasteiger partial charge in [-0.3, -0.25) is 4.79 Å². The van der Waals surface area contributed by atoms with Gasteiger partial charge in [0.25, 0.3) is 5.91 Å². The van der Waals surface area contributed by atoms with Crippen molar-refractivity contribution in [2.45, 2.75) is 13.8 Å². The molecule has 0 bridgehead atoms. The molecule has 3 rings (SSSR count). The van der Waals surface area contributed by atoms with Gasteiger partial charge in [0.2, 0.25) is 0 Å². The van der Waals surface area contributed by atoms with Crippen LogP contribution in [0.3, 0.4) is 0 Å². The monoisotopic (exact) mass is 382 g/mol. The SMILES string of the molecule is COc1ccc(Nc2cc(C(=O)Nc3ccc(C)cc3)nc(C)n2)cc1Cl. The van der Waals surface area contributed by atoms with Crippen molar-refractivity contribution in [2.75, 3.05) is 17.7 Å². The van der Waals surface area contributed by atoms with E-state index in [4.69, 9.17) is 16.3 Å². The number of rotatable bonds is 5. The fraction of sp³-hybridized carbons (Fsp3) is 0.150. The first-order chi connectivity index (χ1) is 12.9. The van der Waals surface area contributed by atoms with Gasteiger partial charge < -0.3 is 15.4 Å². The lowest BCUT2D eigenvalue weighted by atomic mass is 10.2. The predicted molar refractivity (Wildman–Crippen MR) is 107 cm³/mol. The van der Waals surface area contributed by atoms with Crippen LogP contribution in [0.2, 0.25) is 5.02 Å². The lowest BCUT2D eigenvalue weighted by Gasteiger charge is -2.11. The summed E-state index contributed by atoms with van der Waals surface area (Å²) < 4.78 is 5.15. The molecule has 1 aromatic heterocycles. The smallest absolute Gasteiger partial charge is 0.274 e. The number of halogens is 1. The Kier molecular flexibility index (Phi) is 5.57. The molecule has 0 fully saturated rings. The molecule has 0 aliphatic heterocycles. The standard InChI is InChI=1S/C20H19ClN4O2/c1-12-4-6-14(7-5-12)25-20(26)17-11-19(23-13(2)22-17)24-15-8-9-18(27-3)16(21)10-15/h4-11H,1-3H3,(H,25,26)(H,22,23,24). The van der Waals surface area contributed by atoms with Gasteiger partial charge in [0, 0.05) is 17.4 Å². The lowest BCUT2D eigenvalue weighted by molar-refractivity contribution is 0.102. The number of nitrogens with zero attached hydrogens (tertiary/aromatic N) is 2. The molecule has 1 heterocycles. The number of ether oxygens (including phenoxy) is 1. The summed E-state index contributed by atoms with van der Waals surface area (Å²) in [6, 6.07) is 14.4. The molecule has 0 aliphatic rings. The number of amides is 1. The van der Waals surface area contributed by atoms with Crippen LogP contribution in [-0.2, 0) is 0 Å². The normalized spacial score (nSPS) is 10.4. The van der Waals surface area contributed by atoms with Crippen molar-refractivity contribution in [3.8, 4) is 5.75 Å². The van der Waals surface area contributed by atoms with E-state index in [9.17, 15) is 4.79 Å². The van der Waals surface area contributed by atoms with Crippen molar-refractivity contribution < 1.29 is 9.53 Å². The van der Waals surface area contributed by atoms with Crippen LogP contribution >= 0.6 is 11.6 Å². The van der Waals surface area contributed by atoms with E-state index in [1.807, 2.05) is 37.3 Å². The highest BCUT2D eigenvalue weighted by molar-refractivity contribution is 6.32. The third-order valence-electron chi connectivity index (χ3n) is 3.80. The Morgan fingerprint density at radius 3 is 2.37 bits per heavy atom. The van der Waals surface area contributed by atoms with Gasteiger partial charge in [-0.25, -0.2) is 9.97 Å². The van der Waals surface area contributed by atoms with Crippen LogP contribution in [0.25, 0.3) is 0 Å². The molecule has 3 aromatic rings. The number of hydrogen-bond acceptors (Lipinski definition) is 5. The van der Waals surface area contributed by atoms with E-state index in [2.05, 4.69) is 20.6 Å². The van der Waals surface area contributed by atoms with Gasteiger partial charge in [-0.1, -0.05) is 29.3 Å². The third kappa shape index (κ3) is 4.74. The zero-order chi connectivity index (χ0) is 19.4. The molecular weight excluding hydrogens is 364 g/mol. The van der Waals surface area contributed by atoms with E-state index in [0.717, 1.165) is 11.3 Å². The van der Waals surface area contributed by atoms with E-state index in [0.29, 0.717) is 28.1 Å². The summed E-state index contributed by atoms with van der Waals surface area (Å²) in [6.07, 6.45) is 0. The molecule has 0 aliphatic carbocycles. The third-order valence-corrected chi connectivity index (χ3v) is 4.10. The maximum absolute atomic E-state index is 12.5. The molecule has 1 amide bonds. The molecule has 138 valence electrons. The van der Waals surface area contributed by atoms with E-state index in [1.54, 1.807) is 32.2 Å². The number of aryl methyl sites for hydroxylation is 2. The zero-order valence-corrected chi connectivity index (χ0v) is 16.0. The Labute approximate surface area is 162 Å². The average Bonchev–Trinajstić information content (AvgIpc) is 2.63. The van der Waals surface area contributed by atoms with Gasteiger partial charge in [-0.2, -0.15) is 0 Å². The summed E-state index contributed by atoms with van der Waals surface area (Å²) >= 11 is 6.15. The number of anilines is 3. The molecule has 2 N–H and O–H groups in total. The van der Waals surface area contributed by atoms with Gasteiger partial charge in [0.15, 0.2) is 0 Å². The van der Waals surface area contributed by atoms with Gasteiger partial charge in [-0.05, 0) is 44.2 Å². The number of nitrogens with one attached hydrogen (secondary N) is 2. The van der Waals surface area contributed by atoms with Crippen LogP contribution in [-0.4, -0.2) is 23.0 Å². The molecule has 0 radical (unpaired) electrons. The average molecular weight is 383 g/mol. The minimum absolute atomic E-state index is 0.269. The van der Waals surface area contributed by atoms with E-state index in [-0.39, 0.29) is 11.6 Å². The minimum Gasteiger partial charge on any atom is -0.495 e. The molecule has 7 heteroatoms. The number of carbonyl (C=O) groups is 1. The van der Waals surface area contributed by atoms with Crippen molar-refractivity contribution in [1.82, 2.24) is 9.97 Å².